The summed E-state index contributed by atoms with van der Waals surface area (Å²) in [7, 11) is 3.06. The number of carbonyl (C=O) groups excluding carboxylic acids is 1. The first-order valence-electron chi connectivity index (χ1n) is 14.5. The van der Waals surface area contributed by atoms with Gasteiger partial charge in [-0.25, -0.2) is 13.8 Å². The molecule has 0 saturated carbocycles. The molecule has 1 aliphatic heterocycles. The number of aromatic nitrogens is 5. The van der Waals surface area contributed by atoms with Gasteiger partial charge in [0.05, 0.1) is 31.4 Å². The molecule has 1 unspecified atom stereocenters. The van der Waals surface area contributed by atoms with Gasteiger partial charge in [-0.1, -0.05) is 11.3 Å². The quantitative estimate of drug-likeness (QED) is 0.219. The van der Waals surface area contributed by atoms with Crippen LogP contribution in [0.3, 0.4) is 0 Å². The lowest BCUT2D eigenvalue weighted by Gasteiger charge is -2.31. The van der Waals surface area contributed by atoms with E-state index in [1.165, 1.54) is 58.4 Å². The molecule has 1 aliphatic rings. The summed E-state index contributed by atoms with van der Waals surface area (Å²) in [6.07, 6.45) is 4.47. The van der Waals surface area contributed by atoms with Gasteiger partial charge in [0.1, 0.15) is 33.0 Å². The predicted octanol–water partition coefficient (Wildman–Crippen LogP) is 3.41. The molecule has 1 fully saturated rings. The molecule has 1 amide bonds. The first kappa shape index (κ1) is 31.5. The number of halogens is 1. The molecular weight excluding hydrogens is 591 g/mol. The van der Waals surface area contributed by atoms with E-state index in [0.29, 0.717) is 52.8 Å². The maximum atomic E-state index is 14.6. The zero-order chi connectivity index (χ0) is 31.6. The smallest absolute Gasteiger partial charge is 0.333 e. The Balaban J connectivity index is 1.74. The van der Waals surface area contributed by atoms with Crippen molar-refractivity contribution in [2.24, 2.45) is 0 Å². The number of fused-ring (bicyclic) bond motifs is 1. The van der Waals surface area contributed by atoms with Gasteiger partial charge in [0.15, 0.2) is 0 Å². The van der Waals surface area contributed by atoms with Gasteiger partial charge in [-0.05, 0) is 58.2 Å². The van der Waals surface area contributed by atoms with Gasteiger partial charge in [-0.3, -0.25) is 14.2 Å². The number of amides is 1. The average Bonchev–Trinajstić information content (AvgIpc) is 3.78. The van der Waals surface area contributed by atoms with E-state index in [9.17, 15) is 18.8 Å². The summed E-state index contributed by atoms with van der Waals surface area (Å²) >= 11 is 1.18. The van der Waals surface area contributed by atoms with Gasteiger partial charge in [0.2, 0.25) is 5.91 Å². The number of hydrogen-bond donors (Lipinski definition) is 0. The van der Waals surface area contributed by atoms with Gasteiger partial charge in [-0.15, -0.1) is 4.80 Å². The standard InChI is InChI=1S/C30H37FN6O6S/c1-19-24-25(38)36(30(2,3)28(39)34-13-6-7-14-34)29(40)35(27(24)44-26(19)37-32-11-12-33-37)18-23(43-16-8-15-41-4)21-17-20(31)9-10-22(21)42-5/h9-12,17,23H,6-8,13-16,18H2,1-5H3. The Morgan fingerprint density at radius 3 is 2.48 bits per heavy atom. The number of nitrogens with zero attached hydrogens (tertiary/aromatic N) is 6. The molecule has 12 nitrogen and oxygen atoms in total. The van der Waals surface area contributed by atoms with Crippen LogP contribution >= 0.6 is 11.3 Å². The summed E-state index contributed by atoms with van der Waals surface area (Å²) in [6.45, 7) is 6.69. The summed E-state index contributed by atoms with van der Waals surface area (Å²) in [6, 6.07) is 4.11. The number of likely N-dealkylation sites (tertiary alicyclic amines) is 1. The molecule has 1 atom stereocenters. The summed E-state index contributed by atoms with van der Waals surface area (Å²) in [4.78, 5) is 45.9. The number of methoxy groups -OCH3 is 2. The summed E-state index contributed by atoms with van der Waals surface area (Å²) in [5.41, 5.74) is -1.77. The Kier molecular flexibility index (Phi) is 9.32. The van der Waals surface area contributed by atoms with Crippen LogP contribution in [0.1, 0.15) is 50.3 Å². The number of hydrogen-bond acceptors (Lipinski definition) is 9. The van der Waals surface area contributed by atoms with Gasteiger partial charge in [0, 0.05) is 44.5 Å². The van der Waals surface area contributed by atoms with Crippen LogP contribution in [0.4, 0.5) is 4.39 Å². The van der Waals surface area contributed by atoms with Crippen molar-refractivity contribution in [3.63, 3.8) is 0 Å². The van der Waals surface area contributed by atoms with Gasteiger partial charge in [-0.2, -0.15) is 10.2 Å². The minimum Gasteiger partial charge on any atom is -0.496 e. The zero-order valence-electron chi connectivity index (χ0n) is 25.5. The van der Waals surface area contributed by atoms with Gasteiger partial charge < -0.3 is 19.1 Å². The van der Waals surface area contributed by atoms with E-state index in [-0.39, 0.29) is 24.4 Å². The molecule has 236 valence electrons. The highest BCUT2D eigenvalue weighted by molar-refractivity contribution is 7.21. The normalized spacial score (nSPS) is 14.5. The SMILES string of the molecule is COCCCOC(Cn1c(=O)n(C(C)(C)C(=O)N2CCCC2)c(=O)c2c(C)c(-n3nccn3)sc21)c1cc(F)ccc1OC. The molecule has 4 heterocycles. The monoisotopic (exact) mass is 628 g/mol. The molecular formula is C30H37FN6O6S. The van der Waals surface area contributed by atoms with Crippen molar-refractivity contribution in [2.45, 2.75) is 58.2 Å². The fraction of sp³-hybridized carbons (Fsp3) is 0.500. The van der Waals surface area contributed by atoms with E-state index in [1.54, 1.807) is 32.8 Å². The van der Waals surface area contributed by atoms with Crippen LogP contribution in [0.5, 0.6) is 5.75 Å². The highest BCUT2D eigenvalue weighted by Crippen LogP contribution is 2.34. The lowest BCUT2D eigenvalue weighted by Crippen LogP contribution is -2.56. The van der Waals surface area contributed by atoms with Crippen molar-refractivity contribution >= 4 is 27.5 Å². The van der Waals surface area contributed by atoms with Crippen LogP contribution in [0.15, 0.2) is 40.2 Å². The lowest BCUT2D eigenvalue weighted by molar-refractivity contribution is -0.138. The van der Waals surface area contributed by atoms with Crippen LogP contribution in [-0.4, -0.2) is 75.5 Å². The third-order valence-corrected chi connectivity index (χ3v) is 9.24. The Morgan fingerprint density at radius 2 is 1.82 bits per heavy atom. The fourth-order valence-electron chi connectivity index (χ4n) is 5.70. The van der Waals surface area contributed by atoms with Crippen LogP contribution < -0.4 is 16.0 Å². The molecule has 0 bridgehead atoms. The maximum Gasteiger partial charge on any atom is 0.333 e. The van der Waals surface area contributed by atoms with E-state index in [2.05, 4.69) is 10.2 Å². The lowest BCUT2D eigenvalue weighted by atomic mass is 10.0. The maximum absolute atomic E-state index is 14.6. The first-order chi connectivity index (χ1) is 21.1. The van der Waals surface area contributed by atoms with Crippen molar-refractivity contribution in [1.82, 2.24) is 29.0 Å². The van der Waals surface area contributed by atoms with Gasteiger partial charge >= 0.3 is 5.69 Å². The van der Waals surface area contributed by atoms with E-state index >= 15 is 0 Å². The molecule has 4 aromatic rings. The average molecular weight is 629 g/mol. The summed E-state index contributed by atoms with van der Waals surface area (Å²) in [5.74, 6) is -0.416. The third kappa shape index (κ3) is 5.81. The van der Waals surface area contributed by atoms with Crippen LogP contribution in [-0.2, 0) is 26.4 Å². The fourth-order valence-corrected chi connectivity index (χ4v) is 6.91. The van der Waals surface area contributed by atoms with E-state index in [0.717, 1.165) is 17.4 Å². The van der Waals surface area contributed by atoms with Crippen molar-refractivity contribution in [2.75, 3.05) is 40.5 Å². The summed E-state index contributed by atoms with van der Waals surface area (Å²) in [5, 5.41) is 9.30. The van der Waals surface area contributed by atoms with Crippen LogP contribution in [0, 0.1) is 12.7 Å². The molecule has 3 aromatic heterocycles. The number of carbonyl (C=O) groups is 1. The van der Waals surface area contributed by atoms with E-state index in [4.69, 9.17) is 14.2 Å². The minimum absolute atomic E-state index is 0.0949. The number of thiophene rings is 1. The summed E-state index contributed by atoms with van der Waals surface area (Å²) < 4.78 is 34.0. The molecule has 44 heavy (non-hydrogen) atoms. The highest BCUT2D eigenvalue weighted by atomic mass is 32.1. The topological polar surface area (TPSA) is 123 Å². The Labute approximate surface area is 257 Å². The molecule has 14 heteroatoms. The minimum atomic E-state index is -1.49. The van der Waals surface area contributed by atoms with Crippen LogP contribution in [0.2, 0.25) is 0 Å². The Bertz CT molecular complexity index is 1760. The number of rotatable bonds is 12. The molecule has 5 rings (SSSR count). The number of benzene rings is 1. The second-order valence-corrected chi connectivity index (χ2v) is 12.2. The molecule has 0 radical (unpaired) electrons. The molecule has 0 spiro atoms. The number of aryl methyl sites for hydroxylation is 1. The van der Waals surface area contributed by atoms with E-state index < -0.39 is 28.7 Å². The van der Waals surface area contributed by atoms with Gasteiger partial charge in [0.25, 0.3) is 5.56 Å². The zero-order valence-corrected chi connectivity index (χ0v) is 26.4. The van der Waals surface area contributed by atoms with Crippen molar-refractivity contribution < 1.29 is 23.4 Å². The second kappa shape index (κ2) is 13.0. The Morgan fingerprint density at radius 1 is 1.11 bits per heavy atom. The molecule has 1 aromatic carbocycles. The largest absolute Gasteiger partial charge is 0.496 e. The second-order valence-electron chi connectivity index (χ2n) is 11.2. The van der Waals surface area contributed by atoms with Crippen molar-refractivity contribution in [3.05, 3.63) is 68.4 Å². The number of ether oxygens (including phenoxy) is 3. The molecule has 0 aliphatic carbocycles. The van der Waals surface area contributed by atoms with Crippen molar-refractivity contribution in [3.8, 4) is 10.8 Å². The highest BCUT2D eigenvalue weighted by Gasteiger charge is 2.39. The predicted molar refractivity (Wildman–Crippen MR) is 163 cm³/mol. The van der Waals surface area contributed by atoms with E-state index in [1.807, 2.05) is 0 Å². The molecule has 1 saturated heterocycles. The first-order valence-corrected chi connectivity index (χ1v) is 15.3. The van der Waals surface area contributed by atoms with Crippen molar-refractivity contribution in [1.29, 1.82) is 0 Å². The Hall–Kier alpha value is -3.88. The van der Waals surface area contributed by atoms with Crippen LogP contribution in [0.25, 0.3) is 15.2 Å². The third-order valence-electron chi connectivity index (χ3n) is 7.96. The molecule has 0 N–H and O–H groups in total.